The molecule has 1 aliphatic heterocycles. The Morgan fingerprint density at radius 2 is 1.81 bits per heavy atom. The zero-order valence-electron chi connectivity index (χ0n) is 10.8. The van der Waals surface area contributed by atoms with Crippen molar-refractivity contribution in [3.8, 4) is 0 Å². The van der Waals surface area contributed by atoms with Crippen LogP contribution in [0.2, 0.25) is 0 Å². The van der Waals surface area contributed by atoms with Crippen molar-refractivity contribution in [1.82, 2.24) is 0 Å². The van der Waals surface area contributed by atoms with E-state index in [4.69, 9.17) is 4.74 Å². The lowest BCUT2D eigenvalue weighted by molar-refractivity contribution is -0.169. The second-order valence-electron chi connectivity index (χ2n) is 5.64. The summed E-state index contributed by atoms with van der Waals surface area (Å²) in [7, 11) is 0. The number of rotatable bonds is 1. The number of aliphatic carboxylic acids is 1. The van der Waals surface area contributed by atoms with E-state index < -0.39 is 53.8 Å². The highest BCUT2D eigenvalue weighted by Crippen LogP contribution is 2.48. The van der Waals surface area contributed by atoms with Gasteiger partial charge in [-0.25, -0.2) is 0 Å². The van der Waals surface area contributed by atoms with Crippen molar-refractivity contribution in [3.63, 3.8) is 0 Å². The summed E-state index contributed by atoms with van der Waals surface area (Å²) in [6.07, 6.45) is -4.82. The van der Waals surface area contributed by atoms with Crippen molar-refractivity contribution >= 4 is 17.7 Å². The average Bonchev–Trinajstić information content (AvgIpc) is 2.74. The molecular weight excluding hydrogens is 284 g/mol. The standard InChI is InChI=1S/C13H14O8/c14-5-2-4-7(10(17)9(5)16)8-3(12(18)19)1-6(15)11(8)21-13(4)20/h3-5,7,9-10,14,16-17H,1-2H2,(H,18,19). The smallest absolute Gasteiger partial charge is 0.315 e. The van der Waals surface area contributed by atoms with E-state index in [-0.39, 0.29) is 24.2 Å². The Kier molecular flexibility index (Phi) is 3.12. The number of aliphatic hydroxyl groups is 3. The fourth-order valence-corrected chi connectivity index (χ4v) is 3.47. The highest BCUT2D eigenvalue weighted by molar-refractivity contribution is 6.04. The molecule has 3 aliphatic rings. The van der Waals surface area contributed by atoms with Crippen molar-refractivity contribution in [1.29, 1.82) is 0 Å². The topological polar surface area (TPSA) is 141 Å². The fourth-order valence-electron chi connectivity index (χ4n) is 3.47. The van der Waals surface area contributed by atoms with Crippen LogP contribution >= 0.6 is 0 Å². The number of hydrogen-bond donors (Lipinski definition) is 4. The first-order chi connectivity index (χ1) is 9.82. The van der Waals surface area contributed by atoms with Gasteiger partial charge in [0, 0.05) is 12.3 Å². The first kappa shape index (κ1) is 14.2. The summed E-state index contributed by atoms with van der Waals surface area (Å²) in [5.74, 6) is -6.13. The molecule has 1 saturated carbocycles. The third-order valence-electron chi connectivity index (χ3n) is 4.48. The second kappa shape index (κ2) is 4.62. The largest absolute Gasteiger partial charge is 0.481 e. The van der Waals surface area contributed by atoms with Crippen LogP contribution in [0.3, 0.4) is 0 Å². The first-order valence-corrected chi connectivity index (χ1v) is 6.59. The molecule has 0 aromatic carbocycles. The van der Waals surface area contributed by atoms with Crippen LogP contribution in [-0.4, -0.2) is 56.5 Å². The molecule has 3 rings (SSSR count). The lowest BCUT2D eigenvalue weighted by Gasteiger charge is -2.43. The minimum atomic E-state index is -1.52. The van der Waals surface area contributed by atoms with Crippen LogP contribution in [0.25, 0.3) is 0 Å². The van der Waals surface area contributed by atoms with Gasteiger partial charge in [-0.2, -0.15) is 0 Å². The maximum atomic E-state index is 11.9. The van der Waals surface area contributed by atoms with Gasteiger partial charge in [-0.05, 0) is 12.0 Å². The minimum Gasteiger partial charge on any atom is -0.481 e. The van der Waals surface area contributed by atoms with Crippen LogP contribution in [0.4, 0.5) is 0 Å². The number of fused-ring (bicyclic) bond motifs is 2. The lowest BCUT2D eigenvalue weighted by atomic mass is 9.68. The highest BCUT2D eigenvalue weighted by Gasteiger charge is 2.56. The molecular formula is C13H14O8. The van der Waals surface area contributed by atoms with Gasteiger partial charge in [-0.1, -0.05) is 0 Å². The number of Topliss-reactive ketones (excluding diaryl/α,β-unsaturated/α-hetero) is 1. The number of carboxylic acid groups (broad SMARTS) is 1. The van der Waals surface area contributed by atoms with Gasteiger partial charge < -0.3 is 25.2 Å². The molecule has 0 aromatic heterocycles. The Hall–Kier alpha value is -1.77. The molecule has 1 heterocycles. The predicted octanol–water partition coefficient (Wildman–Crippen LogP) is -1.81. The zero-order chi connectivity index (χ0) is 15.5. The normalized spacial score (nSPS) is 42.4. The molecule has 0 bridgehead atoms. The van der Waals surface area contributed by atoms with Gasteiger partial charge in [0.1, 0.15) is 6.10 Å². The molecule has 6 atom stereocenters. The van der Waals surface area contributed by atoms with E-state index in [1.54, 1.807) is 0 Å². The maximum Gasteiger partial charge on any atom is 0.315 e. The SMILES string of the molecule is O=C1CC(C(=O)O)C2=C1OC(=O)C1CC(O)C(O)C(O)C21. The highest BCUT2D eigenvalue weighted by atomic mass is 16.5. The predicted molar refractivity (Wildman–Crippen MR) is 63.5 cm³/mol. The number of carbonyl (C=O) groups excluding carboxylic acids is 2. The molecule has 2 aliphatic carbocycles. The number of carboxylic acids is 1. The van der Waals surface area contributed by atoms with Gasteiger partial charge in [0.05, 0.1) is 24.0 Å². The molecule has 21 heavy (non-hydrogen) atoms. The van der Waals surface area contributed by atoms with E-state index in [0.29, 0.717) is 0 Å². The number of allylic oxidation sites excluding steroid dienone is 1. The summed E-state index contributed by atoms with van der Waals surface area (Å²) in [6, 6.07) is 0. The number of carbonyl (C=O) groups is 3. The summed E-state index contributed by atoms with van der Waals surface area (Å²) >= 11 is 0. The van der Waals surface area contributed by atoms with E-state index in [0.717, 1.165) is 0 Å². The number of hydrogen-bond acceptors (Lipinski definition) is 7. The van der Waals surface area contributed by atoms with Crippen molar-refractivity contribution in [2.75, 3.05) is 0 Å². The van der Waals surface area contributed by atoms with Crippen molar-refractivity contribution < 1.29 is 39.5 Å². The van der Waals surface area contributed by atoms with E-state index in [1.807, 2.05) is 0 Å². The molecule has 0 amide bonds. The van der Waals surface area contributed by atoms with Crippen molar-refractivity contribution in [3.05, 3.63) is 11.3 Å². The lowest BCUT2D eigenvalue weighted by Crippen LogP contribution is -2.55. The third-order valence-corrected chi connectivity index (χ3v) is 4.48. The number of ether oxygens (including phenoxy) is 1. The summed E-state index contributed by atoms with van der Waals surface area (Å²) in [6.45, 7) is 0. The van der Waals surface area contributed by atoms with Crippen molar-refractivity contribution in [2.45, 2.75) is 31.2 Å². The summed E-state index contributed by atoms with van der Waals surface area (Å²) in [4.78, 5) is 35.0. The average molecular weight is 298 g/mol. The van der Waals surface area contributed by atoms with Crippen molar-refractivity contribution in [2.24, 2.45) is 17.8 Å². The maximum absolute atomic E-state index is 11.9. The molecule has 4 N–H and O–H groups in total. The van der Waals surface area contributed by atoms with Crippen LogP contribution in [0, 0.1) is 17.8 Å². The van der Waals surface area contributed by atoms with Gasteiger partial charge >= 0.3 is 11.9 Å². The van der Waals surface area contributed by atoms with E-state index in [9.17, 15) is 34.8 Å². The second-order valence-corrected chi connectivity index (χ2v) is 5.64. The molecule has 114 valence electrons. The van der Waals surface area contributed by atoms with Crippen LogP contribution in [-0.2, 0) is 19.1 Å². The molecule has 0 saturated heterocycles. The molecule has 0 aromatic rings. The Balaban J connectivity index is 2.09. The quantitative estimate of drug-likeness (QED) is 0.415. The summed E-state index contributed by atoms with van der Waals surface area (Å²) in [5.41, 5.74) is 0.0514. The van der Waals surface area contributed by atoms with Gasteiger partial charge in [0.25, 0.3) is 0 Å². The number of aliphatic hydroxyl groups excluding tert-OH is 3. The Labute approximate surface area is 118 Å². The minimum absolute atomic E-state index is 0.0514. The Morgan fingerprint density at radius 1 is 1.14 bits per heavy atom. The summed E-state index contributed by atoms with van der Waals surface area (Å²) in [5, 5.41) is 38.8. The summed E-state index contributed by atoms with van der Waals surface area (Å²) < 4.78 is 4.93. The Bertz CT molecular complexity index is 565. The van der Waals surface area contributed by atoms with Crippen LogP contribution in [0.5, 0.6) is 0 Å². The molecule has 1 fully saturated rings. The molecule has 0 radical (unpaired) electrons. The molecule has 8 nitrogen and oxygen atoms in total. The first-order valence-electron chi connectivity index (χ1n) is 6.59. The number of ketones is 1. The monoisotopic (exact) mass is 298 g/mol. The molecule has 8 heteroatoms. The van der Waals surface area contributed by atoms with Gasteiger partial charge in [0.15, 0.2) is 11.5 Å². The zero-order valence-corrected chi connectivity index (χ0v) is 10.8. The molecule has 6 unspecified atom stereocenters. The van der Waals surface area contributed by atoms with E-state index in [2.05, 4.69) is 0 Å². The van der Waals surface area contributed by atoms with E-state index >= 15 is 0 Å². The Morgan fingerprint density at radius 3 is 2.43 bits per heavy atom. The van der Waals surface area contributed by atoms with Crippen LogP contribution < -0.4 is 0 Å². The van der Waals surface area contributed by atoms with Crippen LogP contribution in [0.1, 0.15) is 12.8 Å². The van der Waals surface area contributed by atoms with E-state index in [1.165, 1.54) is 0 Å². The van der Waals surface area contributed by atoms with Gasteiger partial charge in [-0.15, -0.1) is 0 Å². The van der Waals surface area contributed by atoms with Gasteiger partial charge in [0.2, 0.25) is 0 Å². The van der Waals surface area contributed by atoms with Crippen LogP contribution in [0.15, 0.2) is 11.3 Å². The fraction of sp³-hybridized carbons (Fsp3) is 0.615. The third kappa shape index (κ3) is 1.90. The molecule has 0 spiro atoms. The number of esters is 1. The van der Waals surface area contributed by atoms with Gasteiger partial charge in [-0.3, -0.25) is 14.4 Å².